The Labute approximate surface area is 129 Å². The summed E-state index contributed by atoms with van der Waals surface area (Å²) in [6.45, 7) is 2.23. The van der Waals surface area contributed by atoms with Crippen molar-refractivity contribution in [2.75, 3.05) is 6.54 Å². The molecule has 0 aliphatic rings. The number of rotatable bonds is 7. The molecule has 4 heteroatoms. The van der Waals surface area contributed by atoms with Gasteiger partial charge in [-0.3, -0.25) is 4.79 Å². The van der Waals surface area contributed by atoms with Crippen LogP contribution in [0.3, 0.4) is 0 Å². The molecule has 1 amide bonds. The van der Waals surface area contributed by atoms with Crippen molar-refractivity contribution in [3.8, 4) is 0 Å². The summed E-state index contributed by atoms with van der Waals surface area (Å²) in [6, 6.07) is 11.8. The minimum atomic E-state index is -0.646. The van der Waals surface area contributed by atoms with Crippen LogP contribution in [-0.2, 0) is 11.2 Å². The molecule has 0 saturated heterocycles. The fourth-order valence-corrected chi connectivity index (χ4v) is 3.00. The second-order valence-electron chi connectivity index (χ2n) is 5.11. The number of aliphatic hydroxyl groups excluding tert-OH is 1. The standard InChI is InChI=1S/C17H21NO2S/c1-13-6-2-3-9-15(13)16(19)12-18-17(20)10-4-7-14-8-5-11-21-14/h2-3,5-6,8-9,11,16,19H,4,7,10,12H2,1H3,(H,18,20). The Balaban J connectivity index is 1.70. The minimum Gasteiger partial charge on any atom is -0.387 e. The largest absolute Gasteiger partial charge is 0.387 e. The average Bonchev–Trinajstić information content (AvgIpc) is 2.98. The van der Waals surface area contributed by atoms with E-state index in [9.17, 15) is 9.90 Å². The summed E-state index contributed by atoms with van der Waals surface area (Å²) >= 11 is 1.72. The van der Waals surface area contributed by atoms with Gasteiger partial charge >= 0.3 is 0 Å². The second kappa shape index (κ2) is 7.96. The van der Waals surface area contributed by atoms with Gasteiger partial charge in [0.05, 0.1) is 6.10 Å². The van der Waals surface area contributed by atoms with Crippen molar-refractivity contribution in [2.45, 2.75) is 32.3 Å². The van der Waals surface area contributed by atoms with Gasteiger partial charge in [-0.05, 0) is 42.3 Å². The molecule has 0 radical (unpaired) electrons. The van der Waals surface area contributed by atoms with Gasteiger partial charge in [0.15, 0.2) is 0 Å². The van der Waals surface area contributed by atoms with Gasteiger partial charge in [0.1, 0.15) is 0 Å². The lowest BCUT2D eigenvalue weighted by molar-refractivity contribution is -0.121. The molecule has 0 bridgehead atoms. The predicted molar refractivity (Wildman–Crippen MR) is 86.4 cm³/mol. The maximum atomic E-state index is 11.8. The van der Waals surface area contributed by atoms with E-state index in [-0.39, 0.29) is 12.5 Å². The van der Waals surface area contributed by atoms with E-state index in [0.29, 0.717) is 6.42 Å². The van der Waals surface area contributed by atoms with Crippen molar-refractivity contribution in [3.05, 3.63) is 57.8 Å². The molecule has 3 nitrogen and oxygen atoms in total. The highest BCUT2D eigenvalue weighted by Gasteiger charge is 2.11. The van der Waals surface area contributed by atoms with Crippen LogP contribution in [-0.4, -0.2) is 17.6 Å². The second-order valence-corrected chi connectivity index (χ2v) is 6.14. The van der Waals surface area contributed by atoms with Crippen molar-refractivity contribution in [2.24, 2.45) is 0 Å². The van der Waals surface area contributed by atoms with Gasteiger partial charge in [0, 0.05) is 17.8 Å². The van der Waals surface area contributed by atoms with E-state index < -0.39 is 6.10 Å². The Hall–Kier alpha value is -1.65. The predicted octanol–water partition coefficient (Wildman–Crippen LogP) is 3.23. The highest BCUT2D eigenvalue weighted by Crippen LogP contribution is 2.16. The van der Waals surface area contributed by atoms with Gasteiger partial charge in [-0.15, -0.1) is 11.3 Å². The smallest absolute Gasteiger partial charge is 0.220 e. The number of nitrogens with one attached hydrogen (secondary N) is 1. The van der Waals surface area contributed by atoms with Crippen LogP contribution in [0, 0.1) is 6.92 Å². The lowest BCUT2D eigenvalue weighted by atomic mass is 10.0. The Kier molecular flexibility index (Phi) is 5.96. The SMILES string of the molecule is Cc1ccccc1C(O)CNC(=O)CCCc1cccs1. The number of thiophene rings is 1. The van der Waals surface area contributed by atoms with Crippen molar-refractivity contribution in [1.29, 1.82) is 0 Å². The Bertz CT molecular complexity index is 566. The molecule has 112 valence electrons. The Morgan fingerprint density at radius 2 is 2.10 bits per heavy atom. The third-order valence-electron chi connectivity index (χ3n) is 3.45. The van der Waals surface area contributed by atoms with Crippen molar-refractivity contribution < 1.29 is 9.90 Å². The van der Waals surface area contributed by atoms with Crippen LogP contribution in [0.5, 0.6) is 0 Å². The lowest BCUT2D eigenvalue weighted by Gasteiger charge is -2.14. The lowest BCUT2D eigenvalue weighted by Crippen LogP contribution is -2.28. The van der Waals surface area contributed by atoms with Crippen molar-refractivity contribution in [1.82, 2.24) is 5.32 Å². The number of hydrogen-bond acceptors (Lipinski definition) is 3. The monoisotopic (exact) mass is 303 g/mol. The number of benzene rings is 1. The van der Waals surface area contributed by atoms with Crippen LogP contribution in [0.4, 0.5) is 0 Å². The van der Waals surface area contributed by atoms with Crippen LogP contribution >= 0.6 is 11.3 Å². The van der Waals surface area contributed by atoms with E-state index >= 15 is 0 Å². The van der Waals surface area contributed by atoms with E-state index in [1.807, 2.05) is 42.6 Å². The van der Waals surface area contributed by atoms with Gasteiger partial charge in [-0.1, -0.05) is 30.3 Å². The first-order valence-corrected chi connectivity index (χ1v) is 8.07. The van der Waals surface area contributed by atoms with Crippen molar-refractivity contribution in [3.63, 3.8) is 0 Å². The summed E-state index contributed by atoms with van der Waals surface area (Å²) in [5, 5.41) is 15.0. The highest BCUT2D eigenvalue weighted by molar-refractivity contribution is 7.09. The fraction of sp³-hybridized carbons (Fsp3) is 0.353. The number of amides is 1. The number of hydrogen-bond donors (Lipinski definition) is 2. The van der Waals surface area contributed by atoms with Gasteiger partial charge in [0.2, 0.25) is 5.91 Å². The topological polar surface area (TPSA) is 49.3 Å². The van der Waals surface area contributed by atoms with E-state index in [1.54, 1.807) is 11.3 Å². The van der Waals surface area contributed by atoms with Crippen LogP contribution in [0.25, 0.3) is 0 Å². The zero-order chi connectivity index (χ0) is 15.1. The summed E-state index contributed by atoms with van der Waals surface area (Å²) < 4.78 is 0. The first-order valence-electron chi connectivity index (χ1n) is 7.19. The molecule has 1 atom stereocenters. The number of carbonyl (C=O) groups is 1. The van der Waals surface area contributed by atoms with E-state index in [2.05, 4.69) is 11.4 Å². The first-order chi connectivity index (χ1) is 10.2. The van der Waals surface area contributed by atoms with Gasteiger partial charge < -0.3 is 10.4 Å². The molecule has 1 heterocycles. The van der Waals surface area contributed by atoms with E-state index in [1.165, 1.54) is 4.88 Å². The molecule has 1 aromatic carbocycles. The van der Waals surface area contributed by atoms with Crippen LogP contribution in [0.15, 0.2) is 41.8 Å². The molecule has 0 aliphatic heterocycles. The van der Waals surface area contributed by atoms with Gasteiger partial charge in [-0.25, -0.2) is 0 Å². The molecular formula is C17H21NO2S. The molecule has 1 aromatic heterocycles. The molecule has 21 heavy (non-hydrogen) atoms. The minimum absolute atomic E-state index is 0.000750. The van der Waals surface area contributed by atoms with Crippen LogP contribution < -0.4 is 5.32 Å². The van der Waals surface area contributed by atoms with Crippen LogP contribution in [0.2, 0.25) is 0 Å². The normalized spacial score (nSPS) is 12.1. The highest BCUT2D eigenvalue weighted by atomic mass is 32.1. The quantitative estimate of drug-likeness (QED) is 0.825. The summed E-state index contributed by atoms with van der Waals surface area (Å²) in [5.41, 5.74) is 1.91. The van der Waals surface area contributed by atoms with Gasteiger partial charge in [-0.2, -0.15) is 0 Å². The maximum Gasteiger partial charge on any atom is 0.220 e. The van der Waals surface area contributed by atoms with Crippen LogP contribution in [0.1, 0.15) is 34.9 Å². The Morgan fingerprint density at radius 1 is 1.29 bits per heavy atom. The molecule has 0 saturated carbocycles. The third-order valence-corrected chi connectivity index (χ3v) is 4.38. The summed E-state index contributed by atoms with van der Waals surface area (Å²) in [6.07, 6.45) is 1.63. The van der Waals surface area contributed by atoms with E-state index in [4.69, 9.17) is 0 Å². The summed E-state index contributed by atoms with van der Waals surface area (Å²) in [4.78, 5) is 13.1. The average molecular weight is 303 g/mol. The Morgan fingerprint density at radius 3 is 2.81 bits per heavy atom. The van der Waals surface area contributed by atoms with Crippen molar-refractivity contribution >= 4 is 17.2 Å². The number of aliphatic hydroxyl groups is 1. The molecular weight excluding hydrogens is 282 g/mol. The zero-order valence-electron chi connectivity index (χ0n) is 12.2. The third kappa shape index (κ3) is 4.99. The fourth-order valence-electron chi connectivity index (χ4n) is 2.25. The summed E-state index contributed by atoms with van der Waals surface area (Å²) in [5.74, 6) is -0.000750. The number of aryl methyl sites for hydroxylation is 2. The molecule has 2 N–H and O–H groups in total. The van der Waals surface area contributed by atoms with E-state index in [0.717, 1.165) is 24.0 Å². The molecule has 0 fully saturated rings. The molecule has 0 aliphatic carbocycles. The molecule has 2 aromatic rings. The molecule has 1 unspecified atom stereocenters. The number of carbonyl (C=O) groups excluding carboxylic acids is 1. The van der Waals surface area contributed by atoms with Gasteiger partial charge in [0.25, 0.3) is 0 Å². The summed E-state index contributed by atoms with van der Waals surface area (Å²) in [7, 11) is 0. The zero-order valence-corrected chi connectivity index (χ0v) is 13.0. The first kappa shape index (κ1) is 15.7. The molecule has 0 spiro atoms. The molecule has 2 rings (SSSR count). The maximum absolute atomic E-state index is 11.8.